The van der Waals surface area contributed by atoms with Gasteiger partial charge in [-0.25, -0.2) is 0 Å². The highest BCUT2D eigenvalue weighted by atomic mass is 16.5. The summed E-state index contributed by atoms with van der Waals surface area (Å²) in [5.41, 5.74) is 0.149. The van der Waals surface area contributed by atoms with Crippen molar-refractivity contribution in [3.05, 3.63) is 0 Å². The molecule has 1 saturated carbocycles. The van der Waals surface area contributed by atoms with Crippen LogP contribution in [0.25, 0.3) is 0 Å². The monoisotopic (exact) mass is 185 g/mol. The van der Waals surface area contributed by atoms with E-state index in [2.05, 4.69) is 19.2 Å². The van der Waals surface area contributed by atoms with E-state index in [-0.39, 0.29) is 5.60 Å². The molecule has 0 atom stereocenters. The average molecular weight is 185 g/mol. The fourth-order valence-electron chi connectivity index (χ4n) is 2.29. The molecular weight excluding hydrogens is 162 g/mol. The van der Waals surface area contributed by atoms with Crippen LogP contribution in [0.5, 0.6) is 0 Å². The van der Waals surface area contributed by atoms with E-state index >= 15 is 0 Å². The molecule has 0 amide bonds. The number of hydrogen-bond acceptors (Lipinski definition) is 2. The van der Waals surface area contributed by atoms with Gasteiger partial charge in [0.15, 0.2) is 0 Å². The minimum Gasteiger partial charge on any atom is -0.374 e. The van der Waals surface area contributed by atoms with Crippen LogP contribution in [0.15, 0.2) is 0 Å². The van der Waals surface area contributed by atoms with E-state index in [4.69, 9.17) is 4.74 Å². The lowest BCUT2D eigenvalue weighted by Crippen LogP contribution is -2.44. The first kappa shape index (κ1) is 11.0. The molecule has 0 aromatic heterocycles. The molecule has 13 heavy (non-hydrogen) atoms. The zero-order valence-electron chi connectivity index (χ0n) is 9.23. The molecule has 2 nitrogen and oxygen atoms in total. The predicted octanol–water partition coefficient (Wildman–Crippen LogP) is 2.19. The second-order valence-electron chi connectivity index (χ2n) is 4.33. The van der Waals surface area contributed by atoms with Crippen LogP contribution in [0, 0.1) is 5.92 Å². The van der Waals surface area contributed by atoms with Crippen molar-refractivity contribution in [2.45, 2.75) is 45.1 Å². The molecule has 0 aromatic carbocycles. The van der Waals surface area contributed by atoms with E-state index in [1.165, 1.54) is 25.7 Å². The molecule has 0 unspecified atom stereocenters. The summed E-state index contributed by atoms with van der Waals surface area (Å²) < 4.78 is 5.90. The van der Waals surface area contributed by atoms with Crippen LogP contribution in [0.4, 0.5) is 0 Å². The van der Waals surface area contributed by atoms with Gasteiger partial charge in [0.05, 0.1) is 5.60 Å². The lowest BCUT2D eigenvalue weighted by Gasteiger charge is -2.39. The Morgan fingerprint density at radius 2 is 2.00 bits per heavy atom. The van der Waals surface area contributed by atoms with E-state index in [1.54, 1.807) is 0 Å². The highest BCUT2D eigenvalue weighted by molar-refractivity contribution is 4.87. The first-order valence-corrected chi connectivity index (χ1v) is 5.51. The SMILES string of the molecule is CCOC1(CNC)CCC(C)CC1. The molecule has 0 heterocycles. The summed E-state index contributed by atoms with van der Waals surface area (Å²) in [6, 6.07) is 0. The van der Waals surface area contributed by atoms with Crippen LogP contribution in [0.2, 0.25) is 0 Å². The van der Waals surface area contributed by atoms with Gasteiger partial charge < -0.3 is 10.1 Å². The van der Waals surface area contributed by atoms with Crippen molar-refractivity contribution in [1.29, 1.82) is 0 Å². The molecule has 1 N–H and O–H groups in total. The summed E-state index contributed by atoms with van der Waals surface area (Å²) in [5, 5.41) is 3.25. The van der Waals surface area contributed by atoms with Gasteiger partial charge in [0.2, 0.25) is 0 Å². The largest absolute Gasteiger partial charge is 0.374 e. The molecule has 1 rings (SSSR count). The van der Waals surface area contributed by atoms with E-state index in [0.29, 0.717) is 0 Å². The quantitative estimate of drug-likeness (QED) is 0.725. The maximum atomic E-state index is 5.90. The van der Waals surface area contributed by atoms with Crippen molar-refractivity contribution < 1.29 is 4.74 Å². The van der Waals surface area contributed by atoms with Gasteiger partial charge in [-0.05, 0) is 45.6 Å². The number of likely N-dealkylation sites (N-methyl/N-ethyl adjacent to an activating group) is 1. The third kappa shape index (κ3) is 2.96. The van der Waals surface area contributed by atoms with Crippen LogP contribution in [0.3, 0.4) is 0 Å². The normalized spacial score (nSPS) is 34.8. The first-order valence-electron chi connectivity index (χ1n) is 5.51. The molecule has 0 bridgehead atoms. The van der Waals surface area contributed by atoms with Gasteiger partial charge in [0, 0.05) is 13.2 Å². The van der Waals surface area contributed by atoms with E-state index in [0.717, 1.165) is 19.1 Å². The molecule has 1 aliphatic carbocycles. The Balaban J connectivity index is 2.47. The summed E-state index contributed by atoms with van der Waals surface area (Å²) in [7, 11) is 2.01. The van der Waals surface area contributed by atoms with Crippen LogP contribution in [-0.4, -0.2) is 25.8 Å². The average Bonchev–Trinajstić information content (AvgIpc) is 2.11. The molecule has 78 valence electrons. The zero-order chi connectivity index (χ0) is 9.73. The molecule has 0 aromatic rings. The number of hydrogen-bond donors (Lipinski definition) is 1. The lowest BCUT2D eigenvalue weighted by molar-refractivity contribution is -0.0688. The first-order chi connectivity index (χ1) is 6.22. The lowest BCUT2D eigenvalue weighted by atomic mass is 9.79. The summed E-state index contributed by atoms with van der Waals surface area (Å²) in [6.07, 6.45) is 5.09. The molecule has 1 aliphatic rings. The Labute approximate surface area is 82.0 Å². The van der Waals surface area contributed by atoms with Gasteiger partial charge in [-0.3, -0.25) is 0 Å². The Kier molecular flexibility index (Phi) is 4.20. The van der Waals surface area contributed by atoms with Crippen molar-refractivity contribution in [3.63, 3.8) is 0 Å². The Bertz CT molecular complexity index is 131. The molecule has 1 fully saturated rings. The standard InChI is InChI=1S/C11H23NO/c1-4-13-11(9-12-3)7-5-10(2)6-8-11/h10,12H,4-9H2,1-3H3. The number of ether oxygens (including phenoxy) is 1. The van der Waals surface area contributed by atoms with Gasteiger partial charge in [-0.1, -0.05) is 6.92 Å². The van der Waals surface area contributed by atoms with Gasteiger partial charge in [0.1, 0.15) is 0 Å². The molecule has 2 heteroatoms. The Hall–Kier alpha value is -0.0800. The second kappa shape index (κ2) is 4.97. The van der Waals surface area contributed by atoms with Gasteiger partial charge in [0.25, 0.3) is 0 Å². The fraction of sp³-hybridized carbons (Fsp3) is 1.00. The number of rotatable bonds is 4. The van der Waals surface area contributed by atoms with Crippen molar-refractivity contribution in [3.8, 4) is 0 Å². The molecule has 0 radical (unpaired) electrons. The molecule has 0 spiro atoms. The third-order valence-corrected chi connectivity index (χ3v) is 3.13. The topological polar surface area (TPSA) is 21.3 Å². The van der Waals surface area contributed by atoms with Crippen LogP contribution < -0.4 is 5.32 Å². The van der Waals surface area contributed by atoms with Crippen molar-refractivity contribution in [2.24, 2.45) is 5.92 Å². The molecular formula is C11H23NO. The van der Waals surface area contributed by atoms with Crippen molar-refractivity contribution in [1.82, 2.24) is 5.32 Å². The van der Waals surface area contributed by atoms with E-state index < -0.39 is 0 Å². The summed E-state index contributed by atoms with van der Waals surface area (Å²) in [5.74, 6) is 0.894. The van der Waals surface area contributed by atoms with Crippen molar-refractivity contribution in [2.75, 3.05) is 20.2 Å². The van der Waals surface area contributed by atoms with E-state index in [9.17, 15) is 0 Å². The number of nitrogens with one attached hydrogen (secondary N) is 1. The molecule has 0 saturated heterocycles. The maximum Gasteiger partial charge on any atom is 0.0806 e. The second-order valence-corrected chi connectivity index (χ2v) is 4.33. The minimum absolute atomic E-state index is 0.149. The predicted molar refractivity (Wildman–Crippen MR) is 55.9 cm³/mol. The highest BCUT2D eigenvalue weighted by Gasteiger charge is 2.33. The summed E-state index contributed by atoms with van der Waals surface area (Å²) >= 11 is 0. The summed E-state index contributed by atoms with van der Waals surface area (Å²) in [6.45, 7) is 6.29. The van der Waals surface area contributed by atoms with Crippen LogP contribution in [-0.2, 0) is 4.74 Å². The van der Waals surface area contributed by atoms with E-state index in [1.807, 2.05) is 7.05 Å². The Morgan fingerprint density at radius 1 is 1.38 bits per heavy atom. The summed E-state index contributed by atoms with van der Waals surface area (Å²) in [4.78, 5) is 0. The zero-order valence-corrected chi connectivity index (χ0v) is 9.23. The van der Waals surface area contributed by atoms with Crippen LogP contribution in [0.1, 0.15) is 39.5 Å². The van der Waals surface area contributed by atoms with Gasteiger partial charge in [-0.2, -0.15) is 0 Å². The molecule has 0 aliphatic heterocycles. The van der Waals surface area contributed by atoms with Crippen LogP contribution >= 0.6 is 0 Å². The highest BCUT2D eigenvalue weighted by Crippen LogP contribution is 2.34. The maximum absolute atomic E-state index is 5.90. The van der Waals surface area contributed by atoms with Gasteiger partial charge in [-0.15, -0.1) is 0 Å². The fourth-order valence-corrected chi connectivity index (χ4v) is 2.29. The van der Waals surface area contributed by atoms with Crippen molar-refractivity contribution >= 4 is 0 Å². The Morgan fingerprint density at radius 3 is 2.46 bits per heavy atom. The minimum atomic E-state index is 0.149. The third-order valence-electron chi connectivity index (χ3n) is 3.13. The van der Waals surface area contributed by atoms with Gasteiger partial charge >= 0.3 is 0 Å². The smallest absolute Gasteiger partial charge is 0.0806 e.